The number of benzene rings is 2. The molecule has 2 nitrogen and oxygen atoms in total. The molecule has 0 bridgehead atoms. The largest absolute Gasteiger partial charge is 0.325 e. The molecule has 2 aromatic carbocycles. The minimum atomic E-state index is -0.328. The highest BCUT2D eigenvalue weighted by Crippen LogP contribution is 2.39. The highest BCUT2D eigenvalue weighted by Gasteiger charge is 2.23. The summed E-state index contributed by atoms with van der Waals surface area (Å²) in [4.78, 5) is 11.2. The van der Waals surface area contributed by atoms with E-state index in [1.54, 1.807) is 12.1 Å². The fourth-order valence-electron chi connectivity index (χ4n) is 2.31. The molecule has 0 aromatic heterocycles. The van der Waals surface area contributed by atoms with Crippen LogP contribution in [0.5, 0.6) is 0 Å². The number of carbonyl (C=O) groups excluding carboxylic acids is 1. The monoisotopic (exact) mass is 431 g/mol. The Labute approximate surface area is 142 Å². The first-order chi connectivity index (χ1) is 9.95. The van der Waals surface area contributed by atoms with Gasteiger partial charge in [0.15, 0.2) is 0 Å². The predicted molar refractivity (Wildman–Crippen MR) is 88.7 cm³/mol. The van der Waals surface area contributed by atoms with Crippen LogP contribution >= 0.6 is 43.5 Å². The molecule has 0 fully saturated rings. The third-order valence-corrected chi connectivity index (χ3v) is 5.35. The van der Waals surface area contributed by atoms with Crippen molar-refractivity contribution in [1.82, 2.24) is 0 Å². The van der Waals surface area contributed by atoms with Crippen LogP contribution in [0.15, 0.2) is 34.8 Å². The Morgan fingerprint density at radius 2 is 2.05 bits per heavy atom. The van der Waals surface area contributed by atoms with Crippen LogP contribution < -0.4 is 5.32 Å². The van der Waals surface area contributed by atoms with Crippen molar-refractivity contribution in [3.8, 4) is 0 Å². The van der Waals surface area contributed by atoms with Crippen molar-refractivity contribution in [2.24, 2.45) is 0 Å². The number of rotatable bonds is 2. The van der Waals surface area contributed by atoms with E-state index in [1.807, 2.05) is 12.1 Å². The van der Waals surface area contributed by atoms with E-state index in [2.05, 4.69) is 37.2 Å². The molecule has 0 aliphatic carbocycles. The van der Waals surface area contributed by atoms with E-state index >= 15 is 0 Å². The van der Waals surface area contributed by atoms with Gasteiger partial charge in [-0.1, -0.05) is 39.7 Å². The van der Waals surface area contributed by atoms with E-state index in [0.717, 1.165) is 22.4 Å². The van der Waals surface area contributed by atoms with E-state index in [4.69, 9.17) is 11.6 Å². The summed E-state index contributed by atoms with van der Waals surface area (Å²) in [7, 11) is 0. The zero-order valence-corrected chi connectivity index (χ0v) is 14.5. The van der Waals surface area contributed by atoms with E-state index in [0.29, 0.717) is 15.9 Å². The van der Waals surface area contributed by atoms with E-state index in [1.165, 1.54) is 6.07 Å². The Bertz CT molecular complexity index is 751. The van der Waals surface area contributed by atoms with Crippen LogP contribution in [0, 0.1) is 5.82 Å². The fraction of sp³-hybridized carbons (Fsp3) is 0.133. The third kappa shape index (κ3) is 2.87. The van der Waals surface area contributed by atoms with E-state index < -0.39 is 0 Å². The van der Waals surface area contributed by atoms with Crippen molar-refractivity contribution < 1.29 is 9.18 Å². The number of carbonyl (C=O) groups is 1. The number of halogens is 4. The van der Waals surface area contributed by atoms with Crippen LogP contribution in [0.25, 0.3) is 0 Å². The highest BCUT2D eigenvalue weighted by molar-refractivity contribution is 9.10. The lowest BCUT2D eigenvalue weighted by molar-refractivity contribution is -0.115. The summed E-state index contributed by atoms with van der Waals surface area (Å²) in [5, 5.41) is 3.28. The Morgan fingerprint density at radius 1 is 1.29 bits per heavy atom. The first kappa shape index (κ1) is 15.0. The molecule has 1 aliphatic heterocycles. The van der Waals surface area contributed by atoms with Gasteiger partial charge in [-0.25, -0.2) is 4.39 Å². The molecule has 1 atom stereocenters. The standard InChI is InChI=1S/C15H9Br2ClFNO/c16-10-2-1-7(4-12(10)19)15(17)9-3-8-5-14(21)20-13(8)6-11(9)18/h1-4,6,15H,5H2,(H,20,21). The van der Waals surface area contributed by atoms with Crippen molar-refractivity contribution in [3.05, 3.63) is 62.3 Å². The summed E-state index contributed by atoms with van der Waals surface area (Å²) >= 11 is 13.0. The SMILES string of the molecule is O=C1Cc2cc(C(Br)c3ccc(Br)c(F)c3)c(Cl)cc2N1. The van der Waals surface area contributed by atoms with Gasteiger partial charge >= 0.3 is 0 Å². The molecule has 0 saturated heterocycles. The summed E-state index contributed by atoms with van der Waals surface area (Å²) in [6, 6.07) is 8.55. The van der Waals surface area contributed by atoms with Crippen molar-refractivity contribution in [2.75, 3.05) is 5.32 Å². The second-order valence-electron chi connectivity index (χ2n) is 4.79. The van der Waals surface area contributed by atoms with E-state index in [9.17, 15) is 9.18 Å². The van der Waals surface area contributed by atoms with Gasteiger partial charge in [-0.05, 0) is 50.8 Å². The second-order valence-corrected chi connectivity index (χ2v) is 6.97. The van der Waals surface area contributed by atoms with Crippen molar-refractivity contribution in [2.45, 2.75) is 11.2 Å². The van der Waals surface area contributed by atoms with Crippen LogP contribution in [0.3, 0.4) is 0 Å². The molecule has 0 spiro atoms. The Morgan fingerprint density at radius 3 is 2.76 bits per heavy atom. The van der Waals surface area contributed by atoms with Crippen LogP contribution in [0.1, 0.15) is 21.5 Å². The van der Waals surface area contributed by atoms with Crippen LogP contribution in [-0.2, 0) is 11.2 Å². The van der Waals surface area contributed by atoms with Gasteiger partial charge in [-0.15, -0.1) is 0 Å². The molecule has 21 heavy (non-hydrogen) atoms. The summed E-state index contributed by atoms with van der Waals surface area (Å²) in [5.74, 6) is -0.370. The molecule has 2 aromatic rings. The summed E-state index contributed by atoms with van der Waals surface area (Å²) in [6.45, 7) is 0. The molecule has 0 saturated carbocycles. The van der Waals surface area contributed by atoms with E-state index in [-0.39, 0.29) is 16.6 Å². The third-order valence-electron chi connectivity index (χ3n) is 3.36. The first-order valence-electron chi connectivity index (χ1n) is 6.17. The molecular formula is C15H9Br2ClFNO. The van der Waals surface area contributed by atoms with Gasteiger partial charge in [-0.2, -0.15) is 0 Å². The quantitative estimate of drug-likeness (QED) is 0.647. The molecule has 1 heterocycles. The van der Waals surface area contributed by atoms with Gasteiger partial charge in [0, 0.05) is 10.7 Å². The number of alkyl halides is 1. The number of nitrogens with one attached hydrogen (secondary N) is 1. The Hall–Kier alpha value is -0.910. The molecule has 1 aliphatic rings. The van der Waals surface area contributed by atoms with Crippen molar-refractivity contribution in [3.63, 3.8) is 0 Å². The first-order valence-corrected chi connectivity index (χ1v) is 8.25. The highest BCUT2D eigenvalue weighted by atomic mass is 79.9. The lowest BCUT2D eigenvalue weighted by atomic mass is 10.0. The summed E-state index contributed by atoms with van der Waals surface area (Å²) in [6.07, 6.45) is 0.341. The van der Waals surface area contributed by atoms with Crippen molar-refractivity contribution in [1.29, 1.82) is 0 Å². The van der Waals surface area contributed by atoms with Crippen LogP contribution in [0.2, 0.25) is 5.02 Å². The number of amides is 1. The summed E-state index contributed by atoms with van der Waals surface area (Å²) < 4.78 is 14.1. The number of anilines is 1. The number of hydrogen-bond acceptors (Lipinski definition) is 1. The second kappa shape index (κ2) is 5.71. The molecule has 1 N–H and O–H groups in total. The normalized spacial score (nSPS) is 14.8. The molecule has 6 heteroatoms. The molecule has 108 valence electrons. The Kier molecular flexibility index (Phi) is 4.08. The van der Waals surface area contributed by atoms with Crippen molar-refractivity contribution >= 4 is 55.1 Å². The molecule has 1 amide bonds. The van der Waals surface area contributed by atoms with Gasteiger partial charge in [0.25, 0.3) is 0 Å². The van der Waals surface area contributed by atoms with Gasteiger partial charge in [0.1, 0.15) is 5.82 Å². The van der Waals surface area contributed by atoms with Crippen LogP contribution in [0.4, 0.5) is 10.1 Å². The minimum Gasteiger partial charge on any atom is -0.325 e. The lowest BCUT2D eigenvalue weighted by Gasteiger charge is -2.14. The molecular weight excluding hydrogens is 424 g/mol. The fourth-order valence-corrected chi connectivity index (χ4v) is 3.63. The maximum absolute atomic E-state index is 13.7. The van der Waals surface area contributed by atoms with Gasteiger partial charge in [0.05, 0.1) is 15.7 Å². The zero-order valence-electron chi connectivity index (χ0n) is 10.6. The minimum absolute atomic E-state index is 0.0426. The lowest BCUT2D eigenvalue weighted by Crippen LogP contribution is -2.03. The summed E-state index contributed by atoms with van der Waals surface area (Å²) in [5.41, 5.74) is 3.22. The number of hydrogen-bond donors (Lipinski definition) is 1. The average Bonchev–Trinajstić information content (AvgIpc) is 2.79. The zero-order chi connectivity index (χ0) is 15.1. The maximum Gasteiger partial charge on any atom is 0.228 e. The van der Waals surface area contributed by atoms with Gasteiger partial charge in [-0.3, -0.25) is 4.79 Å². The van der Waals surface area contributed by atoms with Crippen LogP contribution in [-0.4, -0.2) is 5.91 Å². The number of fused-ring (bicyclic) bond motifs is 1. The van der Waals surface area contributed by atoms with Gasteiger partial charge in [0.2, 0.25) is 5.91 Å². The average molecular weight is 434 g/mol. The predicted octanol–water partition coefficient (Wildman–Crippen LogP) is 5.22. The molecule has 0 radical (unpaired) electrons. The molecule has 3 rings (SSSR count). The topological polar surface area (TPSA) is 29.1 Å². The molecule has 1 unspecified atom stereocenters. The van der Waals surface area contributed by atoms with Gasteiger partial charge < -0.3 is 5.32 Å². The Balaban J connectivity index is 2.02. The smallest absolute Gasteiger partial charge is 0.228 e. The maximum atomic E-state index is 13.7.